The van der Waals surface area contributed by atoms with Gasteiger partial charge in [-0.1, -0.05) is 13.0 Å². The first-order valence-electron chi connectivity index (χ1n) is 6.55. The maximum Gasteiger partial charge on any atom is 0.0935 e. The van der Waals surface area contributed by atoms with Crippen LogP contribution in [-0.2, 0) is 6.42 Å². The molecule has 0 amide bonds. The third-order valence-corrected chi connectivity index (χ3v) is 3.30. The van der Waals surface area contributed by atoms with Crippen LogP contribution in [0.3, 0.4) is 0 Å². The topological polar surface area (TPSA) is 42.5 Å². The third kappa shape index (κ3) is 2.39. The van der Waals surface area contributed by atoms with Gasteiger partial charge in [-0.2, -0.15) is 5.10 Å². The summed E-state index contributed by atoms with van der Waals surface area (Å²) < 4.78 is 7.06. The Morgan fingerprint density at radius 3 is 3.11 bits per heavy atom. The van der Waals surface area contributed by atoms with Crippen LogP contribution < -0.4 is 5.32 Å². The Morgan fingerprint density at radius 1 is 1.37 bits per heavy atom. The molecule has 1 N–H and O–H groups in total. The van der Waals surface area contributed by atoms with Gasteiger partial charge in [0.05, 0.1) is 24.2 Å². The van der Waals surface area contributed by atoms with Crippen molar-refractivity contribution in [2.24, 2.45) is 0 Å². The molecular formula is C15H17N3O. The van der Waals surface area contributed by atoms with E-state index < -0.39 is 0 Å². The van der Waals surface area contributed by atoms with Crippen molar-refractivity contribution in [3.63, 3.8) is 0 Å². The highest BCUT2D eigenvalue weighted by molar-refractivity contribution is 5.55. The van der Waals surface area contributed by atoms with Gasteiger partial charge in [-0.15, -0.1) is 0 Å². The summed E-state index contributed by atoms with van der Waals surface area (Å²) in [6.07, 6.45) is 8.34. The van der Waals surface area contributed by atoms with Crippen LogP contribution in [-0.4, -0.2) is 16.2 Å². The molecule has 0 radical (unpaired) electrons. The SMILES string of the molecule is CCNC(Cc1ccoc1)c1cnn2ccccc12. The van der Waals surface area contributed by atoms with Crippen molar-refractivity contribution < 1.29 is 4.42 Å². The lowest BCUT2D eigenvalue weighted by Gasteiger charge is -2.16. The zero-order chi connectivity index (χ0) is 13.1. The number of hydrogen-bond donors (Lipinski definition) is 1. The van der Waals surface area contributed by atoms with Crippen molar-refractivity contribution >= 4 is 5.52 Å². The molecule has 0 saturated carbocycles. The van der Waals surface area contributed by atoms with Crippen molar-refractivity contribution in [1.29, 1.82) is 0 Å². The number of hydrogen-bond acceptors (Lipinski definition) is 3. The molecule has 19 heavy (non-hydrogen) atoms. The summed E-state index contributed by atoms with van der Waals surface area (Å²) in [5.41, 5.74) is 3.57. The Morgan fingerprint density at radius 2 is 2.32 bits per heavy atom. The molecule has 0 bridgehead atoms. The first kappa shape index (κ1) is 12.0. The van der Waals surface area contributed by atoms with Gasteiger partial charge in [0.2, 0.25) is 0 Å². The number of rotatable bonds is 5. The first-order valence-corrected chi connectivity index (χ1v) is 6.55. The fraction of sp³-hybridized carbons (Fsp3) is 0.267. The summed E-state index contributed by atoms with van der Waals surface area (Å²) in [6, 6.07) is 8.39. The lowest BCUT2D eigenvalue weighted by Crippen LogP contribution is -2.22. The first-order chi connectivity index (χ1) is 9.38. The van der Waals surface area contributed by atoms with E-state index in [9.17, 15) is 0 Å². The normalized spacial score (nSPS) is 12.9. The number of nitrogens with zero attached hydrogens (tertiary/aromatic N) is 2. The van der Waals surface area contributed by atoms with Gasteiger partial charge in [0, 0.05) is 17.8 Å². The van der Waals surface area contributed by atoms with Crippen LogP contribution in [0.25, 0.3) is 5.52 Å². The van der Waals surface area contributed by atoms with Gasteiger partial charge in [0.25, 0.3) is 0 Å². The molecule has 1 unspecified atom stereocenters. The predicted octanol–water partition coefficient (Wildman–Crippen LogP) is 2.82. The van der Waals surface area contributed by atoms with E-state index in [2.05, 4.69) is 23.4 Å². The summed E-state index contributed by atoms with van der Waals surface area (Å²) in [6.45, 7) is 3.04. The second kappa shape index (κ2) is 5.28. The van der Waals surface area contributed by atoms with E-state index in [-0.39, 0.29) is 6.04 Å². The zero-order valence-corrected chi connectivity index (χ0v) is 10.9. The van der Waals surface area contributed by atoms with E-state index in [1.165, 1.54) is 11.1 Å². The van der Waals surface area contributed by atoms with Crippen LogP contribution in [0.15, 0.2) is 53.6 Å². The van der Waals surface area contributed by atoms with Crippen molar-refractivity contribution in [2.45, 2.75) is 19.4 Å². The van der Waals surface area contributed by atoms with Crippen molar-refractivity contribution in [2.75, 3.05) is 6.54 Å². The van der Waals surface area contributed by atoms with Crippen molar-refractivity contribution in [1.82, 2.24) is 14.9 Å². The predicted molar refractivity (Wildman–Crippen MR) is 74.0 cm³/mol. The second-order valence-electron chi connectivity index (χ2n) is 4.58. The molecule has 3 heterocycles. The summed E-state index contributed by atoms with van der Waals surface area (Å²) in [7, 11) is 0. The molecule has 0 fully saturated rings. The molecule has 3 aromatic heterocycles. The molecular weight excluding hydrogens is 238 g/mol. The van der Waals surface area contributed by atoms with Crippen LogP contribution in [0, 0.1) is 0 Å². The summed E-state index contributed by atoms with van der Waals surface area (Å²) in [4.78, 5) is 0. The fourth-order valence-corrected chi connectivity index (χ4v) is 2.41. The van der Waals surface area contributed by atoms with Crippen LogP contribution in [0.5, 0.6) is 0 Å². The number of pyridine rings is 1. The van der Waals surface area contributed by atoms with Gasteiger partial charge in [-0.3, -0.25) is 0 Å². The van der Waals surface area contributed by atoms with E-state index in [4.69, 9.17) is 4.42 Å². The molecule has 1 atom stereocenters. The highest BCUT2D eigenvalue weighted by Gasteiger charge is 2.16. The highest BCUT2D eigenvalue weighted by atomic mass is 16.3. The van der Waals surface area contributed by atoms with Crippen LogP contribution in [0.4, 0.5) is 0 Å². The average molecular weight is 255 g/mol. The van der Waals surface area contributed by atoms with Gasteiger partial charge < -0.3 is 9.73 Å². The number of aromatic nitrogens is 2. The van der Waals surface area contributed by atoms with Gasteiger partial charge in [-0.05, 0) is 36.7 Å². The van der Waals surface area contributed by atoms with Gasteiger partial charge in [0.1, 0.15) is 0 Å². The van der Waals surface area contributed by atoms with E-state index in [1.54, 1.807) is 12.5 Å². The standard InChI is InChI=1S/C15H17N3O/c1-2-16-14(9-12-6-8-19-11-12)13-10-17-18-7-4-3-5-15(13)18/h3-8,10-11,14,16H,2,9H2,1H3. The second-order valence-corrected chi connectivity index (χ2v) is 4.58. The molecule has 98 valence electrons. The maximum absolute atomic E-state index is 5.15. The lowest BCUT2D eigenvalue weighted by atomic mass is 10.0. The van der Waals surface area contributed by atoms with E-state index in [0.29, 0.717) is 0 Å². The summed E-state index contributed by atoms with van der Waals surface area (Å²) >= 11 is 0. The number of furan rings is 1. The number of fused-ring (bicyclic) bond motifs is 1. The Bertz CT molecular complexity index is 642. The minimum Gasteiger partial charge on any atom is -0.472 e. The molecule has 0 aliphatic rings. The van der Waals surface area contributed by atoms with Crippen LogP contribution in [0.2, 0.25) is 0 Å². The summed E-state index contributed by atoms with van der Waals surface area (Å²) in [5, 5.41) is 7.92. The molecule has 0 aliphatic heterocycles. The van der Waals surface area contributed by atoms with Crippen molar-refractivity contribution in [3.8, 4) is 0 Å². The van der Waals surface area contributed by atoms with E-state index >= 15 is 0 Å². The Kier molecular flexibility index (Phi) is 3.33. The molecule has 4 heteroatoms. The molecule has 0 aliphatic carbocycles. The minimum absolute atomic E-state index is 0.252. The molecule has 3 rings (SSSR count). The molecule has 0 spiro atoms. The lowest BCUT2D eigenvalue weighted by molar-refractivity contribution is 0.537. The van der Waals surface area contributed by atoms with E-state index in [1.807, 2.05) is 35.1 Å². The van der Waals surface area contributed by atoms with Gasteiger partial charge >= 0.3 is 0 Å². The van der Waals surface area contributed by atoms with Crippen molar-refractivity contribution in [3.05, 3.63) is 60.3 Å². The molecule has 0 saturated heterocycles. The van der Waals surface area contributed by atoms with Gasteiger partial charge in [0.15, 0.2) is 0 Å². The highest BCUT2D eigenvalue weighted by Crippen LogP contribution is 2.22. The average Bonchev–Trinajstić information content (AvgIpc) is 3.07. The van der Waals surface area contributed by atoms with E-state index in [0.717, 1.165) is 18.5 Å². The smallest absolute Gasteiger partial charge is 0.0935 e. The fourth-order valence-electron chi connectivity index (χ4n) is 2.41. The quantitative estimate of drug-likeness (QED) is 0.762. The zero-order valence-electron chi connectivity index (χ0n) is 10.9. The Balaban J connectivity index is 1.95. The van der Waals surface area contributed by atoms with Gasteiger partial charge in [-0.25, -0.2) is 4.52 Å². The number of nitrogens with one attached hydrogen (secondary N) is 1. The Hall–Kier alpha value is -2.07. The maximum atomic E-state index is 5.15. The summed E-state index contributed by atoms with van der Waals surface area (Å²) in [5.74, 6) is 0. The number of likely N-dealkylation sites (N-methyl/N-ethyl adjacent to an activating group) is 1. The molecule has 3 aromatic rings. The largest absolute Gasteiger partial charge is 0.472 e. The monoisotopic (exact) mass is 255 g/mol. The minimum atomic E-state index is 0.252. The van der Waals surface area contributed by atoms with Crippen LogP contribution >= 0.6 is 0 Å². The molecule has 0 aromatic carbocycles. The van der Waals surface area contributed by atoms with Crippen LogP contribution in [0.1, 0.15) is 24.1 Å². The third-order valence-electron chi connectivity index (χ3n) is 3.30. The Labute approximate surface area is 112 Å². The molecule has 4 nitrogen and oxygen atoms in total.